The van der Waals surface area contributed by atoms with Crippen LogP contribution in [0.4, 0.5) is 5.69 Å². The van der Waals surface area contributed by atoms with Gasteiger partial charge < -0.3 is 14.8 Å². The van der Waals surface area contributed by atoms with E-state index in [-0.39, 0.29) is 30.5 Å². The predicted octanol–water partition coefficient (Wildman–Crippen LogP) is 2.27. The number of hydrogen-bond acceptors (Lipinski definition) is 7. The van der Waals surface area contributed by atoms with Gasteiger partial charge in [-0.15, -0.1) is 0 Å². The Morgan fingerprint density at radius 1 is 1.10 bits per heavy atom. The lowest BCUT2D eigenvalue weighted by Crippen LogP contribution is -2.26. The molecule has 0 aliphatic carbocycles. The van der Waals surface area contributed by atoms with Crippen molar-refractivity contribution in [2.75, 3.05) is 20.8 Å². The van der Waals surface area contributed by atoms with Gasteiger partial charge in [-0.2, -0.15) is 5.10 Å². The molecule has 0 unspecified atom stereocenters. The average molecular weight is 414 g/mol. The fourth-order valence-corrected chi connectivity index (χ4v) is 2.46. The van der Waals surface area contributed by atoms with Crippen LogP contribution in [0.1, 0.15) is 28.8 Å². The first-order valence-electron chi connectivity index (χ1n) is 9.01. The zero-order valence-electron chi connectivity index (χ0n) is 16.6. The second kappa shape index (κ2) is 11.1. The van der Waals surface area contributed by atoms with E-state index in [1.807, 2.05) is 0 Å². The van der Waals surface area contributed by atoms with Gasteiger partial charge in [0.15, 0.2) is 11.5 Å². The van der Waals surface area contributed by atoms with E-state index in [4.69, 9.17) is 9.47 Å². The van der Waals surface area contributed by atoms with E-state index in [9.17, 15) is 19.7 Å². The van der Waals surface area contributed by atoms with Crippen LogP contribution in [0.3, 0.4) is 0 Å². The molecule has 0 bridgehead atoms. The number of carbonyl (C=O) groups is 2. The molecular formula is C20H22N4O6. The molecule has 0 aliphatic heterocycles. The van der Waals surface area contributed by atoms with Crippen LogP contribution < -0.4 is 20.2 Å². The van der Waals surface area contributed by atoms with Gasteiger partial charge in [-0.25, -0.2) is 5.43 Å². The minimum absolute atomic E-state index is 0.0862. The average Bonchev–Trinajstić information content (AvgIpc) is 2.76. The summed E-state index contributed by atoms with van der Waals surface area (Å²) in [6.45, 7) is 0.280. The molecule has 0 saturated heterocycles. The van der Waals surface area contributed by atoms with Crippen molar-refractivity contribution in [3.05, 3.63) is 63.7 Å². The number of amides is 2. The summed E-state index contributed by atoms with van der Waals surface area (Å²) in [6, 6.07) is 10.5. The van der Waals surface area contributed by atoms with Crippen molar-refractivity contribution in [1.82, 2.24) is 10.7 Å². The molecule has 10 heteroatoms. The molecule has 0 radical (unpaired) electrons. The smallest absolute Gasteiger partial charge is 0.269 e. The van der Waals surface area contributed by atoms with Crippen molar-refractivity contribution in [2.45, 2.75) is 12.8 Å². The highest BCUT2D eigenvalue weighted by atomic mass is 16.6. The summed E-state index contributed by atoms with van der Waals surface area (Å²) in [5, 5.41) is 17.2. The number of carbonyl (C=O) groups excluding carboxylic acids is 2. The van der Waals surface area contributed by atoms with Crippen LogP contribution in [0, 0.1) is 10.1 Å². The number of nitro groups is 1. The summed E-state index contributed by atoms with van der Waals surface area (Å²) < 4.78 is 10.4. The highest BCUT2D eigenvalue weighted by Crippen LogP contribution is 2.26. The van der Waals surface area contributed by atoms with Gasteiger partial charge >= 0.3 is 0 Å². The van der Waals surface area contributed by atoms with Crippen LogP contribution in [-0.2, 0) is 4.79 Å². The Bertz CT molecular complexity index is 927. The van der Waals surface area contributed by atoms with Gasteiger partial charge in [0.2, 0.25) is 5.91 Å². The number of nitrogens with zero attached hydrogens (tertiary/aromatic N) is 2. The molecular weight excluding hydrogens is 392 g/mol. The Morgan fingerprint density at radius 3 is 2.43 bits per heavy atom. The second-order valence-electron chi connectivity index (χ2n) is 6.07. The number of hydrogen-bond donors (Lipinski definition) is 2. The molecule has 2 N–H and O–H groups in total. The highest BCUT2D eigenvalue weighted by Gasteiger charge is 2.09. The fourth-order valence-electron chi connectivity index (χ4n) is 2.46. The van der Waals surface area contributed by atoms with Gasteiger partial charge in [0.1, 0.15) is 0 Å². The number of methoxy groups -OCH3 is 2. The third-order valence-corrected chi connectivity index (χ3v) is 4.02. The van der Waals surface area contributed by atoms with E-state index in [1.165, 1.54) is 37.6 Å². The Balaban J connectivity index is 1.71. The van der Waals surface area contributed by atoms with Crippen LogP contribution in [-0.4, -0.2) is 43.7 Å². The Kier molecular flexibility index (Phi) is 8.30. The third kappa shape index (κ3) is 6.59. The Hall–Kier alpha value is -3.95. The Morgan fingerprint density at radius 2 is 1.80 bits per heavy atom. The van der Waals surface area contributed by atoms with E-state index < -0.39 is 4.92 Å². The summed E-state index contributed by atoms with van der Waals surface area (Å²) in [6.07, 6.45) is 2.07. The van der Waals surface area contributed by atoms with Crippen molar-refractivity contribution in [1.29, 1.82) is 0 Å². The minimum Gasteiger partial charge on any atom is -0.493 e. The quantitative estimate of drug-likeness (QED) is 0.265. The summed E-state index contributed by atoms with van der Waals surface area (Å²) in [5.74, 6) is 0.485. The van der Waals surface area contributed by atoms with Crippen LogP contribution in [0.15, 0.2) is 47.6 Å². The number of non-ortho nitro benzene ring substituents is 1. The Labute approximate surface area is 173 Å². The monoisotopic (exact) mass is 414 g/mol. The van der Waals surface area contributed by atoms with Gasteiger partial charge in [0.25, 0.3) is 11.6 Å². The van der Waals surface area contributed by atoms with E-state index in [0.717, 1.165) is 5.56 Å². The van der Waals surface area contributed by atoms with E-state index in [2.05, 4.69) is 15.8 Å². The molecule has 2 amide bonds. The topological polar surface area (TPSA) is 132 Å². The number of nitrogens with one attached hydrogen (secondary N) is 2. The predicted molar refractivity (Wildman–Crippen MR) is 110 cm³/mol. The molecule has 10 nitrogen and oxygen atoms in total. The van der Waals surface area contributed by atoms with Crippen molar-refractivity contribution in [3.8, 4) is 11.5 Å². The number of nitro benzene ring substituents is 1. The third-order valence-electron chi connectivity index (χ3n) is 4.02. The lowest BCUT2D eigenvalue weighted by molar-refractivity contribution is -0.384. The minimum atomic E-state index is -0.534. The molecule has 2 rings (SSSR count). The molecule has 158 valence electrons. The molecule has 0 aromatic heterocycles. The molecule has 0 spiro atoms. The summed E-state index contributed by atoms with van der Waals surface area (Å²) in [4.78, 5) is 33.9. The van der Waals surface area contributed by atoms with Crippen molar-refractivity contribution >= 4 is 23.7 Å². The maximum atomic E-state index is 12.0. The molecule has 0 saturated carbocycles. The maximum absolute atomic E-state index is 12.0. The first-order valence-corrected chi connectivity index (χ1v) is 9.01. The van der Waals surface area contributed by atoms with Gasteiger partial charge in [-0.05, 0) is 42.3 Å². The van der Waals surface area contributed by atoms with Gasteiger partial charge in [0.05, 0.1) is 25.4 Å². The van der Waals surface area contributed by atoms with Crippen molar-refractivity contribution in [3.63, 3.8) is 0 Å². The maximum Gasteiger partial charge on any atom is 0.269 e. The molecule has 0 fully saturated rings. The lowest BCUT2D eigenvalue weighted by atomic mass is 10.2. The van der Waals surface area contributed by atoms with Gasteiger partial charge in [-0.3, -0.25) is 19.7 Å². The van der Waals surface area contributed by atoms with Crippen LogP contribution in [0.25, 0.3) is 0 Å². The van der Waals surface area contributed by atoms with Gasteiger partial charge in [-0.1, -0.05) is 0 Å². The van der Waals surface area contributed by atoms with E-state index >= 15 is 0 Å². The van der Waals surface area contributed by atoms with Crippen molar-refractivity contribution in [2.24, 2.45) is 5.10 Å². The number of ether oxygens (including phenoxy) is 2. The second-order valence-corrected chi connectivity index (χ2v) is 6.07. The fraction of sp³-hybridized carbons (Fsp3) is 0.250. The molecule has 0 atom stereocenters. The van der Waals surface area contributed by atoms with Crippen LogP contribution in [0.5, 0.6) is 11.5 Å². The molecule has 0 heterocycles. The summed E-state index contributed by atoms with van der Waals surface area (Å²) in [5.41, 5.74) is 3.36. The first-order chi connectivity index (χ1) is 14.4. The normalized spacial score (nSPS) is 10.5. The summed E-state index contributed by atoms with van der Waals surface area (Å²) in [7, 11) is 3.07. The van der Waals surface area contributed by atoms with Crippen LogP contribution in [0.2, 0.25) is 0 Å². The number of rotatable bonds is 10. The molecule has 30 heavy (non-hydrogen) atoms. The molecule has 2 aromatic carbocycles. The molecule has 2 aromatic rings. The lowest BCUT2D eigenvalue weighted by Gasteiger charge is -2.07. The standard InChI is InChI=1S/C20H22N4O6/c1-29-17-10-5-14(12-18(17)30-2)13-22-23-19(25)4-3-11-21-20(26)15-6-8-16(9-7-15)24(27)28/h5-10,12-13H,3-4,11H2,1-2H3,(H,21,26)(H,23,25)/b22-13+. The van der Waals surface area contributed by atoms with Gasteiger partial charge in [0, 0.05) is 30.7 Å². The number of hydrazone groups is 1. The SMILES string of the molecule is COc1ccc(/C=N/NC(=O)CCCNC(=O)c2ccc([N+](=O)[O-])cc2)cc1OC. The van der Waals surface area contributed by atoms with E-state index in [1.54, 1.807) is 25.3 Å². The number of benzene rings is 2. The summed E-state index contributed by atoms with van der Waals surface area (Å²) >= 11 is 0. The van der Waals surface area contributed by atoms with E-state index in [0.29, 0.717) is 23.5 Å². The van der Waals surface area contributed by atoms with Crippen molar-refractivity contribution < 1.29 is 24.0 Å². The first kappa shape index (κ1) is 22.3. The van der Waals surface area contributed by atoms with Crippen LogP contribution >= 0.6 is 0 Å². The zero-order chi connectivity index (χ0) is 21.9. The zero-order valence-corrected chi connectivity index (χ0v) is 16.6. The highest BCUT2D eigenvalue weighted by molar-refractivity contribution is 5.94. The largest absolute Gasteiger partial charge is 0.493 e. The molecule has 0 aliphatic rings.